The Hall–Kier alpha value is -1.95. The van der Waals surface area contributed by atoms with Crippen LogP contribution in [0, 0.1) is 5.82 Å². The maximum atomic E-state index is 13.8. The van der Waals surface area contributed by atoms with Crippen LogP contribution in [0.25, 0.3) is 0 Å². The third-order valence-corrected chi connectivity index (χ3v) is 2.81. The monoisotopic (exact) mass is 270 g/mol. The highest BCUT2D eigenvalue weighted by Gasteiger charge is 2.50. The van der Waals surface area contributed by atoms with Crippen molar-refractivity contribution in [1.82, 2.24) is 0 Å². The van der Waals surface area contributed by atoms with Gasteiger partial charge in [-0.3, -0.25) is 9.59 Å². The van der Waals surface area contributed by atoms with Crippen LogP contribution >= 0.6 is 0 Å². The van der Waals surface area contributed by atoms with Gasteiger partial charge < -0.3 is 14.9 Å². The van der Waals surface area contributed by atoms with E-state index >= 15 is 0 Å². The van der Waals surface area contributed by atoms with Crippen molar-refractivity contribution >= 4 is 11.9 Å². The van der Waals surface area contributed by atoms with Gasteiger partial charge in [0.1, 0.15) is 5.82 Å². The van der Waals surface area contributed by atoms with Gasteiger partial charge in [-0.15, -0.1) is 0 Å². The number of rotatable bonds is 6. The summed E-state index contributed by atoms with van der Waals surface area (Å²) in [5, 5.41) is 18.4. The average molecular weight is 270 g/mol. The van der Waals surface area contributed by atoms with Crippen molar-refractivity contribution in [3.8, 4) is 0 Å². The normalized spacial score (nSPS) is 13.6. The van der Waals surface area contributed by atoms with Gasteiger partial charge >= 0.3 is 11.9 Å². The van der Waals surface area contributed by atoms with E-state index in [4.69, 9.17) is 9.84 Å². The van der Waals surface area contributed by atoms with Gasteiger partial charge in [0.15, 0.2) is 5.41 Å². The molecule has 1 rings (SSSR count). The summed E-state index contributed by atoms with van der Waals surface area (Å²) in [5.74, 6) is -3.46. The molecular formula is C13H15FO5. The van der Waals surface area contributed by atoms with E-state index in [9.17, 15) is 19.1 Å². The highest BCUT2D eigenvalue weighted by Crippen LogP contribution is 2.32. The molecule has 104 valence electrons. The highest BCUT2D eigenvalue weighted by molar-refractivity contribution is 6.05. The molecule has 0 aromatic heterocycles. The molecule has 1 unspecified atom stereocenters. The van der Waals surface area contributed by atoms with E-state index < -0.39 is 36.2 Å². The number of halogens is 1. The number of aliphatic hydroxyl groups excluding tert-OH is 1. The Labute approximate surface area is 109 Å². The molecule has 1 aromatic carbocycles. The van der Waals surface area contributed by atoms with Crippen LogP contribution in [-0.2, 0) is 19.7 Å². The fourth-order valence-corrected chi connectivity index (χ4v) is 1.89. The topological polar surface area (TPSA) is 83.8 Å². The van der Waals surface area contributed by atoms with Crippen molar-refractivity contribution in [2.45, 2.75) is 18.8 Å². The van der Waals surface area contributed by atoms with Gasteiger partial charge in [0, 0.05) is 18.6 Å². The van der Waals surface area contributed by atoms with Gasteiger partial charge in [0.25, 0.3) is 0 Å². The van der Waals surface area contributed by atoms with Crippen molar-refractivity contribution in [2.24, 2.45) is 0 Å². The van der Waals surface area contributed by atoms with E-state index in [2.05, 4.69) is 0 Å². The van der Waals surface area contributed by atoms with Gasteiger partial charge in [0.05, 0.1) is 6.61 Å². The maximum Gasteiger partial charge on any atom is 0.328 e. The zero-order valence-corrected chi connectivity index (χ0v) is 10.4. The Morgan fingerprint density at radius 1 is 1.37 bits per heavy atom. The Bertz CT molecular complexity index is 474. The van der Waals surface area contributed by atoms with Crippen LogP contribution in [-0.4, -0.2) is 35.4 Å². The number of carbonyl (C=O) groups excluding carboxylic acids is 1. The number of ether oxygens (including phenoxy) is 1. The molecule has 19 heavy (non-hydrogen) atoms. The first-order valence-electron chi connectivity index (χ1n) is 5.77. The molecule has 0 fully saturated rings. The van der Waals surface area contributed by atoms with Gasteiger partial charge in [-0.25, -0.2) is 4.39 Å². The summed E-state index contributed by atoms with van der Waals surface area (Å²) < 4.78 is 18.5. The molecule has 0 aliphatic rings. The summed E-state index contributed by atoms with van der Waals surface area (Å²) in [6.07, 6.45) is -0.456. The summed E-state index contributed by atoms with van der Waals surface area (Å²) in [6.45, 7) is 0.901. The van der Waals surface area contributed by atoms with E-state index in [1.54, 1.807) is 0 Å². The molecule has 2 N–H and O–H groups in total. The summed E-state index contributed by atoms with van der Waals surface area (Å²) >= 11 is 0. The van der Waals surface area contributed by atoms with E-state index in [1.807, 2.05) is 0 Å². The quantitative estimate of drug-likeness (QED) is 0.597. The van der Waals surface area contributed by atoms with Crippen molar-refractivity contribution in [2.75, 3.05) is 13.2 Å². The molecule has 0 saturated carbocycles. The minimum Gasteiger partial charge on any atom is -0.480 e. The molecular weight excluding hydrogens is 255 g/mol. The minimum absolute atomic E-state index is 0.0340. The number of hydrogen-bond acceptors (Lipinski definition) is 4. The second kappa shape index (κ2) is 6.29. The lowest BCUT2D eigenvalue weighted by Gasteiger charge is -2.27. The predicted molar refractivity (Wildman–Crippen MR) is 64.0 cm³/mol. The lowest BCUT2D eigenvalue weighted by Crippen LogP contribution is -2.46. The number of benzene rings is 1. The number of aliphatic hydroxyl groups is 1. The second-order valence-electron chi connectivity index (χ2n) is 3.88. The fourth-order valence-electron chi connectivity index (χ4n) is 1.89. The largest absolute Gasteiger partial charge is 0.480 e. The Balaban J connectivity index is 3.44. The molecule has 0 spiro atoms. The molecule has 5 nitrogen and oxygen atoms in total. The van der Waals surface area contributed by atoms with Crippen LogP contribution in [0.15, 0.2) is 24.3 Å². The highest BCUT2D eigenvalue weighted by atomic mass is 19.1. The van der Waals surface area contributed by atoms with Crippen LogP contribution < -0.4 is 0 Å². The van der Waals surface area contributed by atoms with Crippen LogP contribution in [0.5, 0.6) is 0 Å². The van der Waals surface area contributed by atoms with Crippen LogP contribution in [0.3, 0.4) is 0 Å². The van der Waals surface area contributed by atoms with E-state index in [0.717, 1.165) is 6.07 Å². The lowest BCUT2D eigenvalue weighted by atomic mass is 9.77. The summed E-state index contributed by atoms with van der Waals surface area (Å²) in [4.78, 5) is 23.5. The molecule has 0 heterocycles. The van der Waals surface area contributed by atoms with Crippen molar-refractivity contribution in [1.29, 1.82) is 0 Å². The molecule has 0 aliphatic heterocycles. The maximum absolute atomic E-state index is 13.8. The molecule has 6 heteroatoms. The number of hydrogen-bond donors (Lipinski definition) is 2. The second-order valence-corrected chi connectivity index (χ2v) is 3.88. The van der Waals surface area contributed by atoms with E-state index in [1.165, 1.54) is 25.1 Å². The van der Waals surface area contributed by atoms with Crippen molar-refractivity contribution in [3.05, 3.63) is 35.6 Å². The van der Waals surface area contributed by atoms with Crippen molar-refractivity contribution < 1.29 is 28.9 Å². The first-order valence-corrected chi connectivity index (χ1v) is 5.77. The Morgan fingerprint density at radius 3 is 2.47 bits per heavy atom. The molecule has 0 aliphatic carbocycles. The van der Waals surface area contributed by atoms with Gasteiger partial charge in [0.2, 0.25) is 0 Å². The predicted octanol–water partition coefficient (Wildman–Crippen LogP) is 1.09. The number of carboxylic acid groups (broad SMARTS) is 1. The number of carboxylic acids is 1. The molecule has 1 aromatic rings. The Kier molecular flexibility index (Phi) is 5.00. The molecule has 0 bridgehead atoms. The van der Waals surface area contributed by atoms with Crippen LogP contribution in [0.1, 0.15) is 18.9 Å². The SMILES string of the molecule is CCOC(=O)C(CCO)(C(=O)O)c1ccccc1F. The lowest BCUT2D eigenvalue weighted by molar-refractivity contribution is -0.162. The van der Waals surface area contributed by atoms with Crippen LogP contribution in [0.2, 0.25) is 0 Å². The first kappa shape index (κ1) is 15.1. The van der Waals surface area contributed by atoms with E-state index in [-0.39, 0.29) is 12.2 Å². The van der Waals surface area contributed by atoms with Crippen molar-refractivity contribution in [3.63, 3.8) is 0 Å². The first-order chi connectivity index (χ1) is 9.00. The third kappa shape index (κ3) is 2.73. The van der Waals surface area contributed by atoms with Crippen LogP contribution in [0.4, 0.5) is 4.39 Å². The third-order valence-electron chi connectivity index (χ3n) is 2.81. The fraction of sp³-hybridized carbons (Fsp3) is 0.385. The van der Waals surface area contributed by atoms with Gasteiger partial charge in [-0.2, -0.15) is 0 Å². The zero-order valence-electron chi connectivity index (χ0n) is 10.4. The smallest absolute Gasteiger partial charge is 0.328 e. The summed E-state index contributed by atoms with van der Waals surface area (Å²) in [6, 6.07) is 5.07. The Morgan fingerprint density at radius 2 is 2.00 bits per heavy atom. The number of aliphatic carboxylic acids is 1. The molecule has 0 amide bonds. The zero-order chi connectivity index (χ0) is 14.5. The molecule has 1 atom stereocenters. The summed E-state index contributed by atoms with van der Waals surface area (Å²) in [7, 11) is 0. The minimum atomic E-state index is -2.23. The molecule has 0 radical (unpaired) electrons. The standard InChI is InChI=1S/C13H15FO5/c1-2-19-12(18)13(7-8-15,11(16)17)9-5-3-4-6-10(9)14/h3-6,15H,2,7-8H2,1H3,(H,16,17). The number of esters is 1. The van der Waals surface area contributed by atoms with Gasteiger partial charge in [-0.1, -0.05) is 18.2 Å². The van der Waals surface area contributed by atoms with E-state index in [0.29, 0.717) is 0 Å². The van der Waals surface area contributed by atoms with Gasteiger partial charge in [-0.05, 0) is 13.0 Å². The summed E-state index contributed by atoms with van der Waals surface area (Å²) in [5.41, 5.74) is -2.54. The average Bonchev–Trinajstić information content (AvgIpc) is 2.36. The molecule has 0 saturated heterocycles. The number of carbonyl (C=O) groups is 2.